The minimum atomic E-state index is -1.09. The molecule has 0 aliphatic rings. The number of carboxylic acid groups (broad SMARTS) is 1. The quantitative estimate of drug-likeness (QED) is 0.437. The predicted octanol–water partition coefficient (Wildman–Crippen LogP) is 4.88. The first-order valence-corrected chi connectivity index (χ1v) is 9.17. The van der Waals surface area contributed by atoms with Gasteiger partial charge < -0.3 is 15.5 Å². The van der Waals surface area contributed by atoms with E-state index in [-0.39, 0.29) is 12.2 Å². The molecule has 0 saturated heterocycles. The van der Waals surface area contributed by atoms with Crippen molar-refractivity contribution in [3.63, 3.8) is 0 Å². The topological polar surface area (TPSA) is 95.3 Å². The Morgan fingerprint density at radius 1 is 1.07 bits per heavy atom. The van der Waals surface area contributed by atoms with E-state index < -0.39 is 5.97 Å². The van der Waals surface area contributed by atoms with Gasteiger partial charge in [-0.3, -0.25) is 9.97 Å². The molecule has 0 bridgehead atoms. The molecule has 0 aliphatic heterocycles. The highest BCUT2D eigenvalue weighted by Gasteiger charge is 2.16. The standard InChI is InChI=1S/C22H16ClN3O3/c23-15-2-4-19-16(10-15)21(18(11-25-19)14-5-7-24-8-6-14)26-20-3-1-13(12-27)9-17(20)22(28)29/h1-11,27H,12H2,(H,25,26)(H,28,29). The first-order valence-electron chi connectivity index (χ1n) is 8.79. The number of benzene rings is 2. The van der Waals surface area contributed by atoms with Crippen molar-refractivity contribution >= 4 is 39.8 Å². The van der Waals surface area contributed by atoms with Gasteiger partial charge in [0.05, 0.1) is 29.1 Å². The fourth-order valence-corrected chi connectivity index (χ4v) is 3.33. The second-order valence-electron chi connectivity index (χ2n) is 6.41. The second-order valence-corrected chi connectivity index (χ2v) is 6.85. The Hall–Kier alpha value is -3.48. The molecule has 4 aromatic rings. The molecule has 0 saturated carbocycles. The van der Waals surface area contributed by atoms with Gasteiger partial charge in [0.2, 0.25) is 0 Å². The van der Waals surface area contributed by atoms with Crippen LogP contribution in [0.4, 0.5) is 11.4 Å². The van der Waals surface area contributed by atoms with Crippen LogP contribution in [0.3, 0.4) is 0 Å². The van der Waals surface area contributed by atoms with Gasteiger partial charge in [0.1, 0.15) is 0 Å². The summed E-state index contributed by atoms with van der Waals surface area (Å²) in [5, 5.41) is 23.6. The monoisotopic (exact) mass is 405 g/mol. The third-order valence-corrected chi connectivity index (χ3v) is 4.81. The molecule has 2 aromatic carbocycles. The van der Waals surface area contributed by atoms with Crippen molar-refractivity contribution in [2.45, 2.75) is 6.61 Å². The zero-order chi connectivity index (χ0) is 20.4. The third-order valence-electron chi connectivity index (χ3n) is 4.58. The van der Waals surface area contributed by atoms with Crippen LogP contribution < -0.4 is 5.32 Å². The molecule has 0 amide bonds. The van der Waals surface area contributed by atoms with Gasteiger partial charge in [-0.15, -0.1) is 0 Å². The van der Waals surface area contributed by atoms with Gasteiger partial charge in [0.25, 0.3) is 0 Å². The van der Waals surface area contributed by atoms with Gasteiger partial charge >= 0.3 is 5.97 Å². The summed E-state index contributed by atoms with van der Waals surface area (Å²) in [6.07, 6.45) is 5.09. The number of aromatic carboxylic acids is 1. The number of hydrogen-bond donors (Lipinski definition) is 3. The number of halogens is 1. The molecule has 2 heterocycles. The number of carbonyl (C=O) groups is 1. The Morgan fingerprint density at radius 2 is 1.86 bits per heavy atom. The molecular formula is C22H16ClN3O3. The number of rotatable bonds is 5. The molecule has 7 heteroatoms. The zero-order valence-electron chi connectivity index (χ0n) is 15.1. The van der Waals surface area contributed by atoms with E-state index in [1.165, 1.54) is 6.07 Å². The van der Waals surface area contributed by atoms with E-state index in [2.05, 4.69) is 15.3 Å². The van der Waals surface area contributed by atoms with Gasteiger partial charge in [0, 0.05) is 34.6 Å². The lowest BCUT2D eigenvalue weighted by Crippen LogP contribution is -2.05. The van der Waals surface area contributed by atoms with Crippen LogP contribution in [0.2, 0.25) is 5.02 Å². The van der Waals surface area contributed by atoms with E-state index in [1.807, 2.05) is 18.2 Å². The Labute approximate surface area is 171 Å². The van der Waals surface area contributed by atoms with Crippen molar-refractivity contribution in [1.29, 1.82) is 0 Å². The summed E-state index contributed by atoms with van der Waals surface area (Å²) in [6.45, 7) is -0.239. The lowest BCUT2D eigenvalue weighted by Gasteiger charge is -2.17. The van der Waals surface area contributed by atoms with Gasteiger partial charge in [0.15, 0.2) is 0 Å². The van der Waals surface area contributed by atoms with Crippen LogP contribution in [0, 0.1) is 0 Å². The van der Waals surface area contributed by atoms with E-state index in [4.69, 9.17) is 11.6 Å². The zero-order valence-corrected chi connectivity index (χ0v) is 15.9. The Kier molecular flexibility index (Phi) is 5.12. The minimum absolute atomic E-state index is 0.0595. The largest absolute Gasteiger partial charge is 0.478 e. The molecule has 0 aliphatic carbocycles. The molecule has 0 radical (unpaired) electrons. The third kappa shape index (κ3) is 3.76. The van der Waals surface area contributed by atoms with Crippen LogP contribution in [-0.4, -0.2) is 26.2 Å². The first kappa shape index (κ1) is 18.9. The SMILES string of the molecule is O=C(O)c1cc(CO)ccc1Nc1c(-c2ccncc2)cnc2ccc(Cl)cc12. The summed E-state index contributed by atoms with van der Waals surface area (Å²) in [7, 11) is 0. The van der Waals surface area contributed by atoms with Crippen molar-refractivity contribution in [2.24, 2.45) is 0 Å². The summed E-state index contributed by atoms with van der Waals surface area (Å²) in [4.78, 5) is 20.4. The number of hydrogen-bond acceptors (Lipinski definition) is 5. The molecule has 3 N–H and O–H groups in total. The number of aliphatic hydroxyl groups excluding tert-OH is 1. The molecular weight excluding hydrogens is 390 g/mol. The van der Waals surface area contributed by atoms with Gasteiger partial charge in [-0.25, -0.2) is 4.79 Å². The Morgan fingerprint density at radius 3 is 2.59 bits per heavy atom. The average molecular weight is 406 g/mol. The van der Waals surface area contributed by atoms with Crippen LogP contribution in [0.1, 0.15) is 15.9 Å². The number of pyridine rings is 2. The minimum Gasteiger partial charge on any atom is -0.478 e. The summed E-state index contributed by atoms with van der Waals surface area (Å²) in [6, 6.07) is 13.8. The average Bonchev–Trinajstić information content (AvgIpc) is 2.74. The molecule has 0 spiro atoms. The number of nitrogens with zero attached hydrogens (tertiary/aromatic N) is 2. The van der Waals surface area contributed by atoms with Crippen LogP contribution >= 0.6 is 11.6 Å². The highest BCUT2D eigenvalue weighted by atomic mass is 35.5. The number of fused-ring (bicyclic) bond motifs is 1. The van der Waals surface area contributed by atoms with Crippen molar-refractivity contribution in [3.8, 4) is 11.1 Å². The highest BCUT2D eigenvalue weighted by Crippen LogP contribution is 2.37. The number of anilines is 2. The molecule has 0 unspecified atom stereocenters. The maximum Gasteiger partial charge on any atom is 0.337 e. The van der Waals surface area contributed by atoms with Gasteiger partial charge in [-0.2, -0.15) is 0 Å². The number of aromatic nitrogens is 2. The van der Waals surface area contributed by atoms with E-state index in [0.717, 1.165) is 22.0 Å². The number of nitrogens with one attached hydrogen (secondary N) is 1. The maximum atomic E-state index is 11.8. The molecule has 4 rings (SSSR count). The first-order chi connectivity index (χ1) is 14.1. The normalized spacial score (nSPS) is 10.8. The van der Waals surface area contributed by atoms with Crippen LogP contribution in [-0.2, 0) is 6.61 Å². The molecule has 2 aromatic heterocycles. The number of aliphatic hydroxyl groups is 1. The Balaban J connectivity index is 1.95. The molecule has 0 fully saturated rings. The van der Waals surface area contributed by atoms with E-state index in [1.54, 1.807) is 42.9 Å². The molecule has 6 nitrogen and oxygen atoms in total. The summed E-state index contributed by atoms with van der Waals surface area (Å²) in [5.74, 6) is -1.09. The fourth-order valence-electron chi connectivity index (χ4n) is 3.16. The summed E-state index contributed by atoms with van der Waals surface area (Å²) < 4.78 is 0. The fraction of sp³-hybridized carbons (Fsp3) is 0.0455. The van der Waals surface area contributed by atoms with Crippen molar-refractivity contribution in [1.82, 2.24) is 9.97 Å². The molecule has 144 valence electrons. The van der Waals surface area contributed by atoms with Crippen LogP contribution in [0.15, 0.2) is 67.1 Å². The van der Waals surface area contributed by atoms with E-state index in [0.29, 0.717) is 22.0 Å². The Bertz CT molecular complexity index is 1210. The van der Waals surface area contributed by atoms with Crippen molar-refractivity contribution in [3.05, 3.63) is 83.3 Å². The highest BCUT2D eigenvalue weighted by molar-refractivity contribution is 6.31. The van der Waals surface area contributed by atoms with Gasteiger partial charge in [-0.05, 0) is 53.6 Å². The summed E-state index contributed by atoms with van der Waals surface area (Å²) in [5.41, 5.74) is 4.04. The molecule has 29 heavy (non-hydrogen) atoms. The smallest absolute Gasteiger partial charge is 0.337 e. The lowest BCUT2D eigenvalue weighted by molar-refractivity contribution is 0.0698. The van der Waals surface area contributed by atoms with Crippen LogP contribution in [0.25, 0.3) is 22.0 Å². The van der Waals surface area contributed by atoms with Crippen molar-refractivity contribution < 1.29 is 15.0 Å². The van der Waals surface area contributed by atoms with Crippen LogP contribution in [0.5, 0.6) is 0 Å². The van der Waals surface area contributed by atoms with Gasteiger partial charge in [-0.1, -0.05) is 17.7 Å². The molecule has 0 atom stereocenters. The second kappa shape index (κ2) is 7.87. The van der Waals surface area contributed by atoms with E-state index in [9.17, 15) is 15.0 Å². The predicted molar refractivity (Wildman–Crippen MR) is 113 cm³/mol. The maximum absolute atomic E-state index is 11.8. The van der Waals surface area contributed by atoms with E-state index >= 15 is 0 Å². The number of carboxylic acids is 1. The summed E-state index contributed by atoms with van der Waals surface area (Å²) >= 11 is 6.23. The lowest BCUT2D eigenvalue weighted by atomic mass is 10.0. The van der Waals surface area contributed by atoms with Crippen molar-refractivity contribution in [2.75, 3.05) is 5.32 Å².